The number of rotatable bonds is 6. The molecule has 0 aliphatic rings. The maximum absolute atomic E-state index is 12.8. The van der Waals surface area contributed by atoms with E-state index in [0.717, 1.165) is 29.1 Å². The predicted molar refractivity (Wildman–Crippen MR) is 104 cm³/mol. The highest BCUT2D eigenvalue weighted by Gasteiger charge is 2.30. The van der Waals surface area contributed by atoms with E-state index in [9.17, 15) is 13.2 Å². The van der Waals surface area contributed by atoms with Gasteiger partial charge in [0, 0.05) is 17.8 Å². The van der Waals surface area contributed by atoms with E-state index in [0.29, 0.717) is 23.5 Å². The molecule has 0 aliphatic heterocycles. The molecule has 0 atom stereocenters. The fraction of sp³-hybridized carbons (Fsp3) is 0.150. The quantitative estimate of drug-likeness (QED) is 0.447. The number of hydrogen-bond acceptors (Lipinski definition) is 5. The summed E-state index contributed by atoms with van der Waals surface area (Å²) in [5, 5.41) is 27.0. The zero-order chi connectivity index (χ0) is 21.1. The lowest BCUT2D eigenvalue weighted by Gasteiger charge is -2.10. The standard InChI is InChI=1S/C20H17F3N6O/c21-20(22,23)15-3-1-13(2-4-15)19-14(10-25-27-19)9-24-16-5-7-18(8-6-16)29-11-17(12-30)26-28-29/h1-8,10-11,24,30H,9,12H2,(H,25,27). The number of hydrogen-bond donors (Lipinski definition) is 3. The summed E-state index contributed by atoms with van der Waals surface area (Å²) >= 11 is 0. The van der Waals surface area contributed by atoms with Gasteiger partial charge in [-0.1, -0.05) is 17.3 Å². The number of nitrogens with one attached hydrogen (secondary N) is 2. The molecule has 4 aromatic rings. The second kappa shape index (κ2) is 7.99. The number of anilines is 1. The highest BCUT2D eigenvalue weighted by atomic mass is 19.4. The fourth-order valence-corrected chi connectivity index (χ4v) is 2.95. The maximum atomic E-state index is 12.8. The van der Waals surface area contributed by atoms with Gasteiger partial charge in [-0.25, -0.2) is 4.68 Å². The number of aromatic nitrogens is 5. The third-order valence-electron chi connectivity index (χ3n) is 4.54. The first-order chi connectivity index (χ1) is 14.4. The van der Waals surface area contributed by atoms with Crippen LogP contribution in [0.2, 0.25) is 0 Å². The summed E-state index contributed by atoms with van der Waals surface area (Å²) in [7, 11) is 0. The van der Waals surface area contributed by atoms with Crippen LogP contribution in [0.5, 0.6) is 0 Å². The predicted octanol–water partition coefficient (Wildman–Crippen LogP) is 3.78. The van der Waals surface area contributed by atoms with E-state index < -0.39 is 11.7 Å². The molecule has 10 heteroatoms. The van der Waals surface area contributed by atoms with Crippen molar-refractivity contribution >= 4 is 5.69 Å². The van der Waals surface area contributed by atoms with Gasteiger partial charge in [0.15, 0.2) is 0 Å². The highest BCUT2D eigenvalue weighted by molar-refractivity contribution is 5.63. The Bertz CT molecular complexity index is 1120. The zero-order valence-corrected chi connectivity index (χ0v) is 15.6. The molecule has 0 spiro atoms. The second-order valence-electron chi connectivity index (χ2n) is 6.56. The first kappa shape index (κ1) is 19.6. The molecule has 0 bridgehead atoms. The van der Waals surface area contributed by atoms with Crippen LogP contribution < -0.4 is 5.32 Å². The molecule has 7 nitrogen and oxygen atoms in total. The topological polar surface area (TPSA) is 91.7 Å². The highest BCUT2D eigenvalue weighted by Crippen LogP contribution is 2.31. The molecule has 0 fully saturated rings. The Labute approximate surface area is 169 Å². The first-order valence-electron chi connectivity index (χ1n) is 9.00. The Morgan fingerprint density at radius 2 is 1.77 bits per heavy atom. The number of halogens is 3. The van der Waals surface area contributed by atoms with Gasteiger partial charge in [0.05, 0.1) is 35.9 Å². The normalized spacial score (nSPS) is 11.6. The molecular weight excluding hydrogens is 397 g/mol. The average Bonchev–Trinajstić information content (AvgIpc) is 3.41. The van der Waals surface area contributed by atoms with Crippen molar-refractivity contribution in [1.29, 1.82) is 0 Å². The molecule has 0 radical (unpaired) electrons. The molecule has 0 amide bonds. The minimum absolute atomic E-state index is 0.175. The first-order valence-corrected chi connectivity index (χ1v) is 9.00. The molecule has 2 heterocycles. The second-order valence-corrected chi connectivity index (χ2v) is 6.56. The third kappa shape index (κ3) is 4.18. The van der Waals surface area contributed by atoms with Crippen molar-refractivity contribution in [2.75, 3.05) is 5.32 Å². The number of aliphatic hydroxyl groups excluding tert-OH is 1. The van der Waals surface area contributed by atoms with Crippen molar-refractivity contribution in [2.45, 2.75) is 19.3 Å². The Balaban J connectivity index is 1.44. The molecule has 4 rings (SSSR count). The lowest BCUT2D eigenvalue weighted by Crippen LogP contribution is -2.04. The fourth-order valence-electron chi connectivity index (χ4n) is 2.95. The largest absolute Gasteiger partial charge is 0.416 e. The summed E-state index contributed by atoms with van der Waals surface area (Å²) in [4.78, 5) is 0. The third-order valence-corrected chi connectivity index (χ3v) is 4.54. The summed E-state index contributed by atoms with van der Waals surface area (Å²) < 4.78 is 39.8. The van der Waals surface area contributed by atoms with Crippen LogP contribution >= 0.6 is 0 Å². The minimum Gasteiger partial charge on any atom is -0.390 e. The van der Waals surface area contributed by atoms with Crippen molar-refractivity contribution in [1.82, 2.24) is 25.2 Å². The molecule has 2 aromatic carbocycles. The average molecular weight is 414 g/mol. The van der Waals surface area contributed by atoms with Gasteiger partial charge in [0.1, 0.15) is 5.69 Å². The van der Waals surface area contributed by atoms with Gasteiger partial charge in [-0.15, -0.1) is 5.10 Å². The van der Waals surface area contributed by atoms with Gasteiger partial charge in [-0.05, 0) is 42.0 Å². The van der Waals surface area contributed by atoms with Crippen LogP contribution in [0.3, 0.4) is 0 Å². The molecular formula is C20H17F3N6O. The molecule has 0 saturated carbocycles. The summed E-state index contributed by atoms with van der Waals surface area (Å²) in [5.74, 6) is 0. The number of nitrogens with zero attached hydrogens (tertiary/aromatic N) is 4. The number of benzene rings is 2. The summed E-state index contributed by atoms with van der Waals surface area (Å²) in [6, 6.07) is 12.4. The summed E-state index contributed by atoms with van der Waals surface area (Å²) in [5.41, 5.74) is 3.53. The van der Waals surface area contributed by atoms with Crippen LogP contribution in [0.4, 0.5) is 18.9 Å². The van der Waals surface area contributed by atoms with Gasteiger partial charge in [-0.2, -0.15) is 18.3 Å². The molecule has 154 valence electrons. The molecule has 0 aliphatic carbocycles. The number of aromatic amines is 1. The van der Waals surface area contributed by atoms with Gasteiger partial charge in [0.25, 0.3) is 0 Å². The molecule has 3 N–H and O–H groups in total. The number of aliphatic hydroxyl groups is 1. The smallest absolute Gasteiger partial charge is 0.390 e. The Morgan fingerprint density at radius 1 is 1.03 bits per heavy atom. The van der Waals surface area contributed by atoms with E-state index >= 15 is 0 Å². The zero-order valence-electron chi connectivity index (χ0n) is 15.6. The lowest BCUT2D eigenvalue weighted by molar-refractivity contribution is -0.137. The van der Waals surface area contributed by atoms with E-state index in [4.69, 9.17) is 5.11 Å². The number of H-pyrrole nitrogens is 1. The summed E-state index contributed by atoms with van der Waals surface area (Å²) in [6.07, 6.45) is -1.08. The molecule has 30 heavy (non-hydrogen) atoms. The summed E-state index contributed by atoms with van der Waals surface area (Å²) in [6.45, 7) is 0.260. The van der Waals surface area contributed by atoms with Crippen molar-refractivity contribution in [3.63, 3.8) is 0 Å². The van der Waals surface area contributed by atoms with Gasteiger partial charge < -0.3 is 10.4 Å². The van der Waals surface area contributed by atoms with E-state index in [2.05, 4.69) is 25.8 Å². The molecule has 0 unspecified atom stereocenters. The van der Waals surface area contributed by atoms with Gasteiger partial charge in [-0.3, -0.25) is 5.10 Å². The van der Waals surface area contributed by atoms with Crippen LogP contribution in [0.15, 0.2) is 60.9 Å². The van der Waals surface area contributed by atoms with Crippen molar-refractivity contribution in [3.05, 3.63) is 77.7 Å². The van der Waals surface area contributed by atoms with E-state index in [1.165, 1.54) is 12.1 Å². The van der Waals surface area contributed by atoms with E-state index in [1.807, 2.05) is 24.3 Å². The minimum atomic E-state index is -4.37. The van der Waals surface area contributed by atoms with Crippen LogP contribution in [0, 0.1) is 0 Å². The SMILES string of the molecule is OCc1cn(-c2ccc(NCc3cn[nH]c3-c3ccc(C(F)(F)F)cc3)cc2)nn1. The van der Waals surface area contributed by atoms with Crippen LogP contribution in [-0.4, -0.2) is 30.3 Å². The number of alkyl halides is 3. The Hall–Kier alpha value is -3.66. The van der Waals surface area contributed by atoms with Crippen molar-refractivity contribution in [2.24, 2.45) is 0 Å². The Kier molecular flexibility index (Phi) is 5.23. The van der Waals surface area contributed by atoms with Crippen molar-refractivity contribution in [3.8, 4) is 16.9 Å². The van der Waals surface area contributed by atoms with Gasteiger partial charge >= 0.3 is 6.18 Å². The van der Waals surface area contributed by atoms with E-state index in [-0.39, 0.29) is 6.61 Å². The van der Waals surface area contributed by atoms with Crippen LogP contribution in [-0.2, 0) is 19.3 Å². The van der Waals surface area contributed by atoms with Crippen molar-refractivity contribution < 1.29 is 18.3 Å². The maximum Gasteiger partial charge on any atom is 0.416 e. The van der Waals surface area contributed by atoms with Crippen LogP contribution in [0.25, 0.3) is 16.9 Å². The lowest BCUT2D eigenvalue weighted by atomic mass is 10.1. The monoisotopic (exact) mass is 414 g/mol. The van der Waals surface area contributed by atoms with E-state index in [1.54, 1.807) is 17.1 Å². The molecule has 2 aromatic heterocycles. The molecule has 0 saturated heterocycles. The van der Waals surface area contributed by atoms with Gasteiger partial charge in [0.2, 0.25) is 0 Å². The van der Waals surface area contributed by atoms with Crippen LogP contribution in [0.1, 0.15) is 16.8 Å². The Morgan fingerprint density at radius 3 is 2.40 bits per heavy atom.